The average molecular weight is 259 g/mol. The van der Waals surface area contributed by atoms with Crippen molar-refractivity contribution in [1.29, 1.82) is 0 Å². The van der Waals surface area contributed by atoms with Crippen LogP contribution in [0.3, 0.4) is 0 Å². The molecule has 0 amide bonds. The zero-order chi connectivity index (χ0) is 10.9. The van der Waals surface area contributed by atoms with Gasteiger partial charge in [0.2, 0.25) is 0 Å². The van der Waals surface area contributed by atoms with Gasteiger partial charge in [-0.05, 0) is 26.8 Å². The van der Waals surface area contributed by atoms with E-state index in [2.05, 4.69) is 15.9 Å². The molecule has 1 aromatic rings. The summed E-state index contributed by atoms with van der Waals surface area (Å²) in [4.78, 5) is 11.0. The van der Waals surface area contributed by atoms with E-state index in [1.807, 2.05) is 0 Å². The molecule has 0 aliphatic carbocycles. The minimum atomic E-state index is -1.39. The molecule has 0 aromatic heterocycles. The van der Waals surface area contributed by atoms with Gasteiger partial charge in [0.25, 0.3) is 0 Å². The van der Waals surface area contributed by atoms with Crippen molar-refractivity contribution in [3.8, 4) is 0 Å². The number of Topliss-reactive ketones (excluding diaryl/α,β-unsaturated/α-hetero) is 1. The highest BCUT2D eigenvalue weighted by Crippen LogP contribution is 2.31. The van der Waals surface area contributed by atoms with Gasteiger partial charge in [-0.2, -0.15) is 0 Å². The molecule has 3 heteroatoms. The molecule has 1 rings (SSSR count). The lowest BCUT2D eigenvalue weighted by Gasteiger charge is -2.16. The Morgan fingerprint density at radius 3 is 2.36 bits per heavy atom. The van der Waals surface area contributed by atoms with Crippen LogP contribution in [-0.2, 0) is 5.67 Å². The van der Waals surface area contributed by atoms with Crippen molar-refractivity contribution in [2.75, 3.05) is 0 Å². The number of rotatable bonds is 2. The molecule has 14 heavy (non-hydrogen) atoms. The van der Waals surface area contributed by atoms with Gasteiger partial charge < -0.3 is 0 Å². The predicted octanol–water partition coefficient (Wildman–Crippen LogP) is 3.86. The molecule has 1 aromatic carbocycles. The van der Waals surface area contributed by atoms with Crippen LogP contribution < -0.4 is 0 Å². The van der Waals surface area contributed by atoms with Crippen LogP contribution in [0.25, 0.3) is 0 Å². The average Bonchev–Trinajstić information content (AvgIpc) is 2.01. The third kappa shape index (κ3) is 2.41. The first-order chi connectivity index (χ1) is 6.32. The zero-order valence-electron chi connectivity index (χ0n) is 8.40. The van der Waals surface area contributed by atoms with Gasteiger partial charge in [-0.25, -0.2) is 4.39 Å². The number of hydrogen-bond acceptors (Lipinski definition) is 1. The van der Waals surface area contributed by atoms with Gasteiger partial charge in [0.05, 0.1) is 0 Å². The maximum Gasteiger partial charge on any atom is 0.159 e. The lowest BCUT2D eigenvalue weighted by Crippen LogP contribution is -2.10. The second-order valence-corrected chi connectivity index (χ2v) is 4.58. The molecular formula is C11H12BrFO. The van der Waals surface area contributed by atoms with Crippen molar-refractivity contribution in [3.05, 3.63) is 33.8 Å². The Balaban J connectivity index is 3.21. The lowest BCUT2D eigenvalue weighted by molar-refractivity contribution is 0.101. The van der Waals surface area contributed by atoms with Crippen LogP contribution in [0.4, 0.5) is 4.39 Å². The number of carbonyl (C=O) groups is 1. The maximum atomic E-state index is 13.6. The summed E-state index contributed by atoms with van der Waals surface area (Å²) in [7, 11) is 0. The van der Waals surface area contributed by atoms with Crippen LogP contribution in [0.2, 0.25) is 0 Å². The third-order valence-corrected chi connectivity index (χ3v) is 2.67. The monoisotopic (exact) mass is 258 g/mol. The van der Waals surface area contributed by atoms with E-state index in [0.717, 1.165) is 0 Å². The van der Waals surface area contributed by atoms with Crippen molar-refractivity contribution < 1.29 is 9.18 Å². The van der Waals surface area contributed by atoms with Crippen molar-refractivity contribution in [2.24, 2.45) is 0 Å². The molecule has 0 atom stereocenters. The number of ketones is 1. The number of carbonyl (C=O) groups excluding carboxylic acids is 1. The maximum absolute atomic E-state index is 13.6. The Bertz CT molecular complexity index is 366. The second kappa shape index (κ2) is 3.81. The van der Waals surface area contributed by atoms with Crippen molar-refractivity contribution in [1.82, 2.24) is 0 Å². The van der Waals surface area contributed by atoms with Crippen molar-refractivity contribution in [3.63, 3.8) is 0 Å². The summed E-state index contributed by atoms with van der Waals surface area (Å²) in [6.07, 6.45) is 0. The minimum absolute atomic E-state index is 0.0195. The second-order valence-electron chi connectivity index (χ2n) is 3.72. The molecule has 0 fully saturated rings. The molecule has 76 valence electrons. The van der Waals surface area contributed by atoms with Crippen molar-refractivity contribution in [2.45, 2.75) is 26.4 Å². The topological polar surface area (TPSA) is 17.1 Å². The summed E-state index contributed by atoms with van der Waals surface area (Å²) in [6, 6.07) is 4.93. The molecule has 0 N–H and O–H groups in total. The normalized spacial score (nSPS) is 11.5. The van der Waals surface area contributed by atoms with Gasteiger partial charge in [-0.3, -0.25) is 4.79 Å². The van der Waals surface area contributed by atoms with Crippen LogP contribution in [-0.4, -0.2) is 5.78 Å². The first-order valence-corrected chi connectivity index (χ1v) is 5.11. The Morgan fingerprint density at radius 2 is 2.00 bits per heavy atom. The van der Waals surface area contributed by atoms with Gasteiger partial charge in [0.15, 0.2) is 5.78 Å². The number of halogens is 2. The summed E-state index contributed by atoms with van der Waals surface area (Å²) >= 11 is 3.26. The first kappa shape index (κ1) is 11.4. The van der Waals surface area contributed by atoms with E-state index in [9.17, 15) is 9.18 Å². The van der Waals surface area contributed by atoms with Gasteiger partial charge >= 0.3 is 0 Å². The summed E-state index contributed by atoms with van der Waals surface area (Å²) in [5, 5.41) is 0. The highest BCUT2D eigenvalue weighted by atomic mass is 79.9. The third-order valence-electron chi connectivity index (χ3n) is 2.02. The fraction of sp³-hybridized carbons (Fsp3) is 0.364. The van der Waals surface area contributed by atoms with E-state index in [-0.39, 0.29) is 5.78 Å². The van der Waals surface area contributed by atoms with Crippen LogP contribution in [0.5, 0.6) is 0 Å². The predicted molar refractivity (Wildman–Crippen MR) is 58.3 cm³/mol. The molecule has 0 unspecified atom stereocenters. The number of hydrogen-bond donors (Lipinski definition) is 0. The lowest BCUT2D eigenvalue weighted by atomic mass is 9.98. The highest BCUT2D eigenvalue weighted by Gasteiger charge is 2.21. The van der Waals surface area contributed by atoms with Crippen LogP contribution in [0.1, 0.15) is 36.7 Å². The van der Waals surface area contributed by atoms with Crippen LogP contribution in [0.15, 0.2) is 22.7 Å². The van der Waals surface area contributed by atoms with Gasteiger partial charge in [-0.15, -0.1) is 0 Å². The van der Waals surface area contributed by atoms with Crippen molar-refractivity contribution >= 4 is 21.7 Å². The molecular weight excluding hydrogens is 247 g/mol. The molecule has 0 aliphatic heterocycles. The zero-order valence-corrected chi connectivity index (χ0v) is 9.98. The van der Waals surface area contributed by atoms with E-state index >= 15 is 0 Å². The van der Waals surface area contributed by atoms with E-state index in [4.69, 9.17) is 0 Å². The fourth-order valence-corrected chi connectivity index (χ4v) is 2.07. The number of alkyl halides is 1. The summed E-state index contributed by atoms with van der Waals surface area (Å²) in [6.45, 7) is 4.46. The standard InChI is InChI=1S/C11H12BrFO/c1-7(14)8-4-5-9(10(12)6-8)11(2,3)13/h4-6H,1-3H3. The van der Waals surface area contributed by atoms with E-state index in [1.54, 1.807) is 18.2 Å². The quantitative estimate of drug-likeness (QED) is 0.737. The molecule has 1 nitrogen and oxygen atoms in total. The summed E-state index contributed by atoms with van der Waals surface area (Å²) in [5.74, 6) is -0.0195. The summed E-state index contributed by atoms with van der Waals surface area (Å²) < 4.78 is 14.2. The van der Waals surface area contributed by atoms with Crippen LogP contribution >= 0.6 is 15.9 Å². The first-order valence-electron chi connectivity index (χ1n) is 4.32. The molecule has 0 saturated heterocycles. The number of benzene rings is 1. The molecule has 0 heterocycles. The Kier molecular flexibility index (Phi) is 3.10. The fourth-order valence-electron chi connectivity index (χ4n) is 1.22. The smallest absolute Gasteiger partial charge is 0.159 e. The molecule has 0 spiro atoms. The summed E-state index contributed by atoms with van der Waals surface area (Å²) in [5.41, 5.74) is -0.249. The largest absolute Gasteiger partial charge is 0.295 e. The molecule has 0 radical (unpaired) electrons. The Morgan fingerprint density at radius 1 is 1.43 bits per heavy atom. The minimum Gasteiger partial charge on any atom is -0.295 e. The molecule has 0 saturated carbocycles. The Hall–Kier alpha value is -0.700. The van der Waals surface area contributed by atoms with Gasteiger partial charge in [-0.1, -0.05) is 28.1 Å². The van der Waals surface area contributed by atoms with Gasteiger partial charge in [0.1, 0.15) is 5.67 Å². The molecule has 0 bridgehead atoms. The van der Waals surface area contributed by atoms with Gasteiger partial charge in [0, 0.05) is 15.6 Å². The SMILES string of the molecule is CC(=O)c1ccc(C(C)(C)F)c(Br)c1. The van der Waals surface area contributed by atoms with E-state index < -0.39 is 5.67 Å². The highest BCUT2D eigenvalue weighted by molar-refractivity contribution is 9.10. The van der Waals surface area contributed by atoms with Crippen LogP contribution in [0, 0.1) is 0 Å². The van der Waals surface area contributed by atoms with E-state index in [1.165, 1.54) is 20.8 Å². The molecule has 0 aliphatic rings. The Labute approximate surface area is 91.5 Å². The van der Waals surface area contributed by atoms with E-state index in [0.29, 0.717) is 15.6 Å².